The number of nitrogen functional groups attached to an aromatic ring is 1. The Morgan fingerprint density at radius 1 is 1.33 bits per heavy atom. The van der Waals surface area contributed by atoms with E-state index in [4.69, 9.17) is 5.73 Å². The van der Waals surface area contributed by atoms with Crippen LogP contribution >= 0.6 is 27.3 Å². The Bertz CT molecular complexity index is 486. The number of halogens is 1. The standard InChI is InChI=1S/C11H11BrN2S/c1-6-3-4-8(7(2)5-6)11-14-10(13)9(12)15-11/h3-5H,13H2,1-2H3. The van der Waals surface area contributed by atoms with Crippen molar-refractivity contribution in [2.75, 3.05) is 5.73 Å². The maximum atomic E-state index is 5.71. The third kappa shape index (κ3) is 2.06. The van der Waals surface area contributed by atoms with Gasteiger partial charge >= 0.3 is 0 Å². The summed E-state index contributed by atoms with van der Waals surface area (Å²) >= 11 is 4.95. The van der Waals surface area contributed by atoms with Crippen molar-refractivity contribution in [2.24, 2.45) is 0 Å². The molecule has 15 heavy (non-hydrogen) atoms. The monoisotopic (exact) mass is 282 g/mol. The molecule has 0 spiro atoms. The molecule has 1 aromatic carbocycles. The maximum absolute atomic E-state index is 5.71. The number of hydrogen-bond acceptors (Lipinski definition) is 3. The topological polar surface area (TPSA) is 38.9 Å². The number of hydrogen-bond donors (Lipinski definition) is 1. The van der Waals surface area contributed by atoms with E-state index >= 15 is 0 Å². The van der Waals surface area contributed by atoms with E-state index in [1.165, 1.54) is 11.1 Å². The van der Waals surface area contributed by atoms with Crippen molar-refractivity contribution in [1.29, 1.82) is 0 Å². The van der Waals surface area contributed by atoms with Crippen LogP contribution < -0.4 is 5.73 Å². The van der Waals surface area contributed by atoms with E-state index in [0.717, 1.165) is 14.4 Å². The summed E-state index contributed by atoms with van der Waals surface area (Å²) in [4.78, 5) is 4.32. The second-order valence-electron chi connectivity index (χ2n) is 3.50. The summed E-state index contributed by atoms with van der Waals surface area (Å²) in [6.07, 6.45) is 0. The molecule has 4 heteroatoms. The number of aromatic nitrogens is 1. The van der Waals surface area contributed by atoms with Crippen molar-refractivity contribution in [1.82, 2.24) is 4.98 Å². The van der Waals surface area contributed by atoms with Crippen LogP contribution in [0.3, 0.4) is 0 Å². The second-order valence-corrected chi connectivity index (χ2v) is 5.81. The highest BCUT2D eigenvalue weighted by atomic mass is 79.9. The SMILES string of the molecule is Cc1ccc(-c2nc(N)c(Br)s2)c(C)c1. The van der Waals surface area contributed by atoms with Crippen LogP contribution in [0.1, 0.15) is 11.1 Å². The van der Waals surface area contributed by atoms with Gasteiger partial charge in [-0.25, -0.2) is 4.98 Å². The summed E-state index contributed by atoms with van der Waals surface area (Å²) in [5.41, 5.74) is 9.36. The average Bonchev–Trinajstić information content (AvgIpc) is 2.46. The lowest BCUT2D eigenvalue weighted by molar-refractivity contribution is 1.35. The fraction of sp³-hybridized carbons (Fsp3) is 0.182. The first-order chi connectivity index (χ1) is 7.08. The Morgan fingerprint density at radius 3 is 2.60 bits per heavy atom. The van der Waals surface area contributed by atoms with Crippen molar-refractivity contribution in [3.05, 3.63) is 33.1 Å². The number of aryl methyl sites for hydroxylation is 2. The fourth-order valence-corrected chi connectivity index (χ4v) is 2.83. The minimum absolute atomic E-state index is 0.565. The molecule has 2 rings (SSSR count). The van der Waals surface area contributed by atoms with E-state index in [9.17, 15) is 0 Å². The van der Waals surface area contributed by atoms with E-state index in [-0.39, 0.29) is 0 Å². The van der Waals surface area contributed by atoms with Gasteiger partial charge in [-0.2, -0.15) is 0 Å². The molecule has 0 aliphatic rings. The van der Waals surface area contributed by atoms with Crippen molar-refractivity contribution in [3.63, 3.8) is 0 Å². The Morgan fingerprint density at radius 2 is 2.07 bits per heavy atom. The second kappa shape index (κ2) is 3.94. The molecule has 0 radical (unpaired) electrons. The van der Waals surface area contributed by atoms with Crippen LogP contribution in [-0.4, -0.2) is 4.98 Å². The van der Waals surface area contributed by atoms with E-state index in [1.807, 2.05) is 0 Å². The molecule has 0 aliphatic carbocycles. The first-order valence-electron chi connectivity index (χ1n) is 4.57. The first kappa shape index (κ1) is 10.6. The van der Waals surface area contributed by atoms with Crippen LogP contribution in [0.2, 0.25) is 0 Å². The van der Waals surface area contributed by atoms with Crippen molar-refractivity contribution in [2.45, 2.75) is 13.8 Å². The summed E-state index contributed by atoms with van der Waals surface area (Å²) in [6, 6.07) is 6.34. The number of nitrogens with two attached hydrogens (primary N) is 1. The predicted octanol–water partition coefficient (Wildman–Crippen LogP) is 3.77. The number of anilines is 1. The predicted molar refractivity (Wildman–Crippen MR) is 69.1 cm³/mol. The Hall–Kier alpha value is -0.870. The van der Waals surface area contributed by atoms with Gasteiger partial charge in [-0.15, -0.1) is 11.3 Å². The Kier molecular flexibility index (Phi) is 2.80. The summed E-state index contributed by atoms with van der Waals surface area (Å²) < 4.78 is 0.900. The molecule has 2 aromatic rings. The van der Waals surface area contributed by atoms with Crippen LogP contribution in [0, 0.1) is 13.8 Å². The highest BCUT2D eigenvalue weighted by Crippen LogP contribution is 2.34. The minimum Gasteiger partial charge on any atom is -0.382 e. The fourth-order valence-electron chi connectivity index (χ4n) is 1.48. The normalized spacial score (nSPS) is 10.6. The minimum atomic E-state index is 0.565. The molecule has 1 aromatic heterocycles. The first-order valence-corrected chi connectivity index (χ1v) is 6.18. The molecule has 0 fully saturated rings. The van der Waals surface area contributed by atoms with Gasteiger partial charge in [0.2, 0.25) is 0 Å². The zero-order valence-electron chi connectivity index (χ0n) is 8.54. The lowest BCUT2D eigenvalue weighted by Crippen LogP contribution is -1.87. The van der Waals surface area contributed by atoms with Gasteiger partial charge < -0.3 is 5.73 Å². The van der Waals surface area contributed by atoms with Gasteiger partial charge in [0.1, 0.15) is 14.6 Å². The van der Waals surface area contributed by atoms with Crippen LogP contribution in [0.25, 0.3) is 10.6 Å². The molecule has 2 N–H and O–H groups in total. The van der Waals surface area contributed by atoms with Gasteiger partial charge in [-0.05, 0) is 35.3 Å². The van der Waals surface area contributed by atoms with Crippen LogP contribution in [0.15, 0.2) is 22.0 Å². The van der Waals surface area contributed by atoms with Gasteiger partial charge in [-0.1, -0.05) is 23.8 Å². The van der Waals surface area contributed by atoms with E-state index in [1.54, 1.807) is 11.3 Å². The molecule has 1 heterocycles. The maximum Gasteiger partial charge on any atom is 0.149 e. The quantitative estimate of drug-likeness (QED) is 0.865. The highest BCUT2D eigenvalue weighted by molar-refractivity contribution is 9.11. The highest BCUT2D eigenvalue weighted by Gasteiger charge is 2.09. The van der Waals surface area contributed by atoms with Gasteiger partial charge in [0.15, 0.2) is 0 Å². The van der Waals surface area contributed by atoms with Crippen molar-refractivity contribution >= 4 is 33.1 Å². The summed E-state index contributed by atoms with van der Waals surface area (Å²) in [5, 5.41) is 0.969. The molecule has 0 amide bonds. The summed E-state index contributed by atoms with van der Waals surface area (Å²) in [5.74, 6) is 0.565. The van der Waals surface area contributed by atoms with Gasteiger partial charge in [0.25, 0.3) is 0 Å². The molecule has 2 nitrogen and oxygen atoms in total. The summed E-state index contributed by atoms with van der Waals surface area (Å²) in [6.45, 7) is 4.18. The number of benzene rings is 1. The molecular weight excluding hydrogens is 272 g/mol. The van der Waals surface area contributed by atoms with E-state index in [2.05, 4.69) is 53.0 Å². The lowest BCUT2D eigenvalue weighted by atomic mass is 10.1. The number of rotatable bonds is 1. The lowest BCUT2D eigenvalue weighted by Gasteiger charge is -2.02. The molecule has 78 valence electrons. The summed E-state index contributed by atoms with van der Waals surface area (Å²) in [7, 11) is 0. The van der Waals surface area contributed by atoms with Crippen molar-refractivity contribution < 1.29 is 0 Å². The van der Waals surface area contributed by atoms with Gasteiger partial charge in [-0.3, -0.25) is 0 Å². The average molecular weight is 283 g/mol. The largest absolute Gasteiger partial charge is 0.382 e. The van der Waals surface area contributed by atoms with E-state index < -0.39 is 0 Å². The van der Waals surface area contributed by atoms with Crippen LogP contribution in [0.5, 0.6) is 0 Å². The molecular formula is C11H11BrN2S. The zero-order valence-corrected chi connectivity index (χ0v) is 10.9. The molecule has 0 aliphatic heterocycles. The third-order valence-electron chi connectivity index (χ3n) is 2.22. The van der Waals surface area contributed by atoms with Crippen LogP contribution in [0.4, 0.5) is 5.82 Å². The molecule has 0 bridgehead atoms. The third-order valence-corrected chi connectivity index (χ3v) is 4.01. The van der Waals surface area contributed by atoms with Gasteiger partial charge in [0.05, 0.1) is 0 Å². The Balaban J connectivity index is 2.54. The smallest absolute Gasteiger partial charge is 0.149 e. The molecule has 0 saturated heterocycles. The van der Waals surface area contributed by atoms with E-state index in [0.29, 0.717) is 5.82 Å². The molecule has 0 unspecified atom stereocenters. The Labute approximate surface area is 101 Å². The zero-order chi connectivity index (χ0) is 11.0. The number of nitrogens with zero attached hydrogens (tertiary/aromatic N) is 1. The van der Waals surface area contributed by atoms with Gasteiger partial charge in [0, 0.05) is 5.56 Å². The molecule has 0 saturated carbocycles. The van der Waals surface area contributed by atoms with Crippen LogP contribution in [-0.2, 0) is 0 Å². The number of thiazole rings is 1. The molecule has 0 atom stereocenters. The van der Waals surface area contributed by atoms with Crippen molar-refractivity contribution in [3.8, 4) is 10.6 Å².